The Labute approximate surface area is 178 Å². The average Bonchev–Trinajstić information content (AvgIpc) is 2.52. The van der Waals surface area contributed by atoms with E-state index in [9.17, 15) is 0 Å². The van der Waals surface area contributed by atoms with Crippen molar-refractivity contribution in [2.75, 3.05) is 23.3 Å². The van der Waals surface area contributed by atoms with Gasteiger partial charge in [-0.3, -0.25) is 0 Å². The van der Waals surface area contributed by atoms with E-state index in [2.05, 4.69) is 22.2 Å². The SMILES string of the molecule is CCCCCNc1cc(-c2c(N)nc(N)nc2CC)ccc1Cl.Cl.Cl.Cl. The molecule has 0 bridgehead atoms. The quantitative estimate of drug-likeness (QED) is 0.500. The first-order valence-electron chi connectivity index (χ1n) is 8.02. The monoisotopic (exact) mass is 441 g/mol. The second kappa shape index (κ2) is 13.1. The summed E-state index contributed by atoms with van der Waals surface area (Å²) in [5.74, 6) is 0.601. The van der Waals surface area contributed by atoms with Gasteiger partial charge in [0.2, 0.25) is 5.95 Å². The van der Waals surface area contributed by atoms with Crippen molar-refractivity contribution in [3.05, 3.63) is 28.9 Å². The summed E-state index contributed by atoms with van der Waals surface area (Å²) < 4.78 is 0. The summed E-state index contributed by atoms with van der Waals surface area (Å²) in [6, 6.07) is 5.80. The van der Waals surface area contributed by atoms with Gasteiger partial charge in [-0.2, -0.15) is 4.98 Å². The van der Waals surface area contributed by atoms with Crippen LogP contribution in [0.2, 0.25) is 5.02 Å². The van der Waals surface area contributed by atoms with Crippen molar-refractivity contribution in [2.24, 2.45) is 0 Å². The van der Waals surface area contributed by atoms with Crippen molar-refractivity contribution in [1.82, 2.24) is 9.97 Å². The van der Waals surface area contributed by atoms with E-state index >= 15 is 0 Å². The van der Waals surface area contributed by atoms with E-state index < -0.39 is 0 Å². The zero-order chi connectivity index (χ0) is 16.8. The molecule has 0 aliphatic rings. The van der Waals surface area contributed by atoms with Crippen LogP contribution in [0.15, 0.2) is 18.2 Å². The van der Waals surface area contributed by atoms with E-state index in [1.54, 1.807) is 0 Å². The normalized spacial score (nSPS) is 9.50. The number of nitrogen functional groups attached to an aromatic ring is 2. The van der Waals surface area contributed by atoms with Gasteiger partial charge < -0.3 is 16.8 Å². The molecule has 0 unspecified atom stereocenters. The molecule has 2 aromatic rings. The lowest BCUT2D eigenvalue weighted by atomic mass is 10.0. The van der Waals surface area contributed by atoms with Crippen molar-refractivity contribution in [3.63, 3.8) is 0 Å². The maximum atomic E-state index is 6.29. The third-order valence-electron chi connectivity index (χ3n) is 3.71. The molecule has 0 fully saturated rings. The number of hydrogen-bond acceptors (Lipinski definition) is 5. The lowest BCUT2D eigenvalue weighted by molar-refractivity contribution is 0.744. The molecular weight excluding hydrogens is 416 g/mol. The first kappa shape index (κ1) is 27.1. The third kappa shape index (κ3) is 6.88. The molecule has 0 radical (unpaired) electrons. The van der Waals surface area contributed by atoms with Gasteiger partial charge in [0.15, 0.2) is 0 Å². The van der Waals surface area contributed by atoms with E-state index in [1.807, 2.05) is 25.1 Å². The van der Waals surface area contributed by atoms with Gasteiger partial charge in [0.25, 0.3) is 0 Å². The largest absolute Gasteiger partial charge is 0.384 e. The van der Waals surface area contributed by atoms with E-state index in [-0.39, 0.29) is 43.2 Å². The lowest BCUT2D eigenvalue weighted by Gasteiger charge is -2.14. The van der Waals surface area contributed by atoms with Crippen LogP contribution in [-0.2, 0) is 6.42 Å². The average molecular weight is 443 g/mol. The van der Waals surface area contributed by atoms with Crippen LogP contribution in [0, 0.1) is 0 Å². The van der Waals surface area contributed by atoms with Crippen molar-refractivity contribution < 1.29 is 0 Å². The minimum atomic E-state index is 0. The second-order valence-corrected chi connectivity index (χ2v) is 5.88. The molecule has 2 rings (SSSR count). The minimum absolute atomic E-state index is 0. The predicted octanol–water partition coefficient (Wildman–Crippen LogP) is 5.39. The number of halogens is 4. The molecule has 0 spiro atoms. The number of rotatable bonds is 7. The number of nitrogens with two attached hydrogens (primary N) is 2. The number of nitrogens with zero attached hydrogens (tertiary/aromatic N) is 2. The summed E-state index contributed by atoms with van der Waals surface area (Å²) in [4.78, 5) is 8.39. The highest BCUT2D eigenvalue weighted by molar-refractivity contribution is 6.33. The maximum absolute atomic E-state index is 6.29. The summed E-state index contributed by atoms with van der Waals surface area (Å²) in [7, 11) is 0. The molecule has 26 heavy (non-hydrogen) atoms. The first-order valence-corrected chi connectivity index (χ1v) is 8.40. The Morgan fingerprint density at radius 1 is 1.04 bits per heavy atom. The molecule has 5 N–H and O–H groups in total. The van der Waals surface area contributed by atoms with Crippen molar-refractivity contribution in [2.45, 2.75) is 39.5 Å². The lowest BCUT2D eigenvalue weighted by Crippen LogP contribution is -2.07. The van der Waals surface area contributed by atoms with E-state index in [0.29, 0.717) is 10.8 Å². The fourth-order valence-electron chi connectivity index (χ4n) is 2.53. The summed E-state index contributed by atoms with van der Waals surface area (Å²) in [5.41, 5.74) is 15.3. The van der Waals surface area contributed by atoms with Gasteiger partial charge >= 0.3 is 0 Å². The molecule has 0 amide bonds. The Bertz CT molecular complexity index is 682. The number of aromatic nitrogens is 2. The molecule has 1 aromatic carbocycles. The van der Waals surface area contributed by atoms with E-state index in [4.69, 9.17) is 23.1 Å². The zero-order valence-corrected chi connectivity index (χ0v) is 18.1. The standard InChI is InChI=1S/C17H24ClN5.3ClH/c1-3-5-6-9-21-14-10-11(7-8-12(14)18)15-13(4-2)22-17(20)23-16(15)19;;;/h7-8,10,21H,3-6,9H2,1-2H3,(H4,19,20,22,23);3*1H. The van der Waals surface area contributed by atoms with Crippen LogP contribution in [-0.4, -0.2) is 16.5 Å². The summed E-state index contributed by atoms with van der Waals surface area (Å²) in [6.07, 6.45) is 4.23. The number of benzene rings is 1. The fraction of sp³-hybridized carbons (Fsp3) is 0.412. The van der Waals surface area contributed by atoms with E-state index in [1.165, 1.54) is 12.8 Å². The van der Waals surface area contributed by atoms with Gasteiger partial charge in [0, 0.05) is 12.1 Å². The number of anilines is 3. The minimum Gasteiger partial charge on any atom is -0.384 e. The zero-order valence-electron chi connectivity index (χ0n) is 14.9. The molecule has 5 nitrogen and oxygen atoms in total. The summed E-state index contributed by atoms with van der Waals surface area (Å²) >= 11 is 6.29. The smallest absolute Gasteiger partial charge is 0.222 e. The Morgan fingerprint density at radius 2 is 1.73 bits per heavy atom. The maximum Gasteiger partial charge on any atom is 0.222 e. The van der Waals surface area contributed by atoms with Crippen LogP contribution in [0.25, 0.3) is 11.1 Å². The Kier molecular flexibility index (Phi) is 13.6. The number of unbranched alkanes of at least 4 members (excludes halogenated alkanes) is 2. The molecule has 1 heterocycles. The van der Waals surface area contributed by atoms with Crippen molar-refractivity contribution in [3.8, 4) is 11.1 Å². The highest BCUT2D eigenvalue weighted by Crippen LogP contribution is 2.33. The molecule has 0 aliphatic heterocycles. The molecule has 0 aliphatic carbocycles. The second-order valence-electron chi connectivity index (χ2n) is 5.47. The number of hydrogen-bond donors (Lipinski definition) is 3. The highest BCUT2D eigenvalue weighted by Gasteiger charge is 2.14. The predicted molar refractivity (Wildman–Crippen MR) is 120 cm³/mol. The number of nitrogens with one attached hydrogen (secondary N) is 1. The summed E-state index contributed by atoms with van der Waals surface area (Å²) in [6.45, 7) is 5.10. The van der Waals surface area contributed by atoms with Crippen LogP contribution in [0.3, 0.4) is 0 Å². The Balaban J connectivity index is 0. The van der Waals surface area contributed by atoms with Crippen LogP contribution >= 0.6 is 48.8 Å². The van der Waals surface area contributed by atoms with Gasteiger partial charge in [0.1, 0.15) is 5.82 Å². The molecule has 0 atom stereocenters. The molecule has 148 valence electrons. The molecular formula is C17H27Cl4N5. The van der Waals surface area contributed by atoms with Gasteiger partial charge in [-0.25, -0.2) is 4.98 Å². The van der Waals surface area contributed by atoms with Crippen molar-refractivity contribution >= 4 is 66.3 Å². The van der Waals surface area contributed by atoms with E-state index in [0.717, 1.165) is 41.9 Å². The van der Waals surface area contributed by atoms with Gasteiger partial charge in [0.05, 0.1) is 16.4 Å². The van der Waals surface area contributed by atoms with Crippen LogP contribution in [0.4, 0.5) is 17.5 Å². The Hall–Kier alpha value is -1.14. The summed E-state index contributed by atoms with van der Waals surface area (Å²) in [5, 5.41) is 4.08. The van der Waals surface area contributed by atoms with Crippen LogP contribution < -0.4 is 16.8 Å². The Morgan fingerprint density at radius 3 is 2.35 bits per heavy atom. The topological polar surface area (TPSA) is 89.8 Å². The third-order valence-corrected chi connectivity index (χ3v) is 4.04. The fourth-order valence-corrected chi connectivity index (χ4v) is 2.72. The van der Waals surface area contributed by atoms with Crippen LogP contribution in [0.1, 0.15) is 38.8 Å². The molecule has 1 aromatic heterocycles. The van der Waals surface area contributed by atoms with Crippen molar-refractivity contribution in [1.29, 1.82) is 0 Å². The number of aryl methyl sites for hydroxylation is 1. The highest BCUT2D eigenvalue weighted by atomic mass is 35.5. The van der Waals surface area contributed by atoms with Crippen LogP contribution in [0.5, 0.6) is 0 Å². The van der Waals surface area contributed by atoms with Gasteiger partial charge in [-0.15, -0.1) is 37.2 Å². The van der Waals surface area contributed by atoms with Gasteiger partial charge in [-0.05, 0) is 30.5 Å². The first-order chi connectivity index (χ1) is 11.1. The molecule has 9 heteroatoms. The molecule has 0 saturated carbocycles. The molecule has 0 saturated heterocycles. The van der Waals surface area contributed by atoms with Gasteiger partial charge in [-0.1, -0.05) is 44.4 Å².